The van der Waals surface area contributed by atoms with Gasteiger partial charge in [0.25, 0.3) is 0 Å². The van der Waals surface area contributed by atoms with Crippen molar-refractivity contribution in [1.82, 2.24) is 5.32 Å². The van der Waals surface area contributed by atoms with Crippen LogP contribution in [0.3, 0.4) is 0 Å². The molecule has 0 heterocycles. The zero-order chi connectivity index (χ0) is 15.2. The monoisotopic (exact) mass is 349 g/mol. The Hall–Kier alpha value is -1.19. The molecule has 1 nitrogen and oxygen atoms in total. The minimum Gasteiger partial charge on any atom is -0.314 e. The van der Waals surface area contributed by atoms with Gasteiger partial charge >= 0.3 is 0 Å². The van der Waals surface area contributed by atoms with Crippen molar-refractivity contribution in [3.05, 3.63) is 69.9 Å². The summed E-state index contributed by atoms with van der Waals surface area (Å²) in [7, 11) is 0. The van der Waals surface area contributed by atoms with Crippen LogP contribution >= 0.6 is 15.9 Å². The van der Waals surface area contributed by atoms with Crippen molar-refractivity contribution in [3.63, 3.8) is 0 Å². The third kappa shape index (κ3) is 4.65. The van der Waals surface area contributed by atoms with E-state index < -0.39 is 0 Å². The van der Waals surface area contributed by atoms with Crippen molar-refractivity contribution in [2.75, 3.05) is 6.54 Å². The summed E-state index contributed by atoms with van der Waals surface area (Å²) in [4.78, 5) is 0. The van der Waals surface area contributed by atoms with E-state index in [9.17, 15) is 4.39 Å². The van der Waals surface area contributed by atoms with Crippen LogP contribution in [0.1, 0.15) is 30.9 Å². The first kappa shape index (κ1) is 16.2. The SMILES string of the molecule is CC(C)NCC(Cc1cccc(Br)c1F)c1ccccc1. The van der Waals surface area contributed by atoms with Gasteiger partial charge in [0.1, 0.15) is 5.82 Å². The molecule has 2 aromatic carbocycles. The van der Waals surface area contributed by atoms with E-state index >= 15 is 0 Å². The molecule has 0 aliphatic heterocycles. The van der Waals surface area contributed by atoms with Gasteiger partial charge in [-0.3, -0.25) is 0 Å². The number of benzene rings is 2. The molecule has 1 N–H and O–H groups in total. The second-order valence-electron chi connectivity index (χ2n) is 5.59. The van der Waals surface area contributed by atoms with E-state index in [4.69, 9.17) is 0 Å². The van der Waals surface area contributed by atoms with E-state index in [1.165, 1.54) is 5.56 Å². The maximum atomic E-state index is 14.2. The average molecular weight is 350 g/mol. The smallest absolute Gasteiger partial charge is 0.140 e. The summed E-state index contributed by atoms with van der Waals surface area (Å²) < 4.78 is 14.7. The molecule has 0 aliphatic rings. The third-order valence-corrected chi connectivity index (χ3v) is 4.15. The van der Waals surface area contributed by atoms with Crippen LogP contribution in [0.25, 0.3) is 0 Å². The lowest BCUT2D eigenvalue weighted by atomic mass is 9.91. The molecule has 0 saturated heterocycles. The Morgan fingerprint density at radius 2 is 1.76 bits per heavy atom. The van der Waals surface area contributed by atoms with Crippen molar-refractivity contribution in [2.24, 2.45) is 0 Å². The van der Waals surface area contributed by atoms with E-state index in [1.807, 2.05) is 30.3 Å². The highest BCUT2D eigenvalue weighted by Crippen LogP contribution is 2.25. The van der Waals surface area contributed by atoms with E-state index in [0.717, 1.165) is 12.1 Å². The number of hydrogen-bond donors (Lipinski definition) is 1. The third-order valence-electron chi connectivity index (χ3n) is 3.54. The fraction of sp³-hybridized carbons (Fsp3) is 0.333. The molecule has 0 fully saturated rings. The molecule has 0 radical (unpaired) electrons. The molecule has 1 atom stereocenters. The molecule has 0 aromatic heterocycles. The summed E-state index contributed by atoms with van der Waals surface area (Å²) in [5, 5.41) is 3.46. The van der Waals surface area contributed by atoms with Crippen molar-refractivity contribution in [1.29, 1.82) is 0 Å². The highest BCUT2D eigenvalue weighted by molar-refractivity contribution is 9.10. The lowest BCUT2D eigenvalue weighted by molar-refractivity contribution is 0.516. The molecule has 0 aliphatic carbocycles. The maximum Gasteiger partial charge on any atom is 0.140 e. The van der Waals surface area contributed by atoms with Gasteiger partial charge in [-0.15, -0.1) is 0 Å². The van der Waals surface area contributed by atoms with Gasteiger partial charge in [0.05, 0.1) is 4.47 Å². The summed E-state index contributed by atoms with van der Waals surface area (Å²) in [6.07, 6.45) is 0.689. The van der Waals surface area contributed by atoms with Crippen LogP contribution in [-0.2, 0) is 6.42 Å². The van der Waals surface area contributed by atoms with Crippen molar-refractivity contribution < 1.29 is 4.39 Å². The van der Waals surface area contributed by atoms with Gasteiger partial charge in [0.15, 0.2) is 0 Å². The van der Waals surface area contributed by atoms with Crippen LogP contribution in [0.4, 0.5) is 4.39 Å². The number of rotatable bonds is 6. The summed E-state index contributed by atoms with van der Waals surface area (Å²) in [5.74, 6) is 0.111. The second-order valence-corrected chi connectivity index (χ2v) is 6.44. The standard InChI is InChI=1S/C18H21BrFN/c1-13(2)21-12-16(14-7-4-3-5-8-14)11-15-9-6-10-17(19)18(15)20/h3-10,13,16,21H,11-12H2,1-2H3. The summed E-state index contributed by atoms with van der Waals surface area (Å²) in [5.41, 5.74) is 1.99. The first-order valence-electron chi connectivity index (χ1n) is 7.29. The molecule has 0 bridgehead atoms. The van der Waals surface area contributed by atoms with Gasteiger partial charge in [0, 0.05) is 18.5 Å². The van der Waals surface area contributed by atoms with Gasteiger partial charge in [-0.2, -0.15) is 0 Å². The van der Waals surface area contributed by atoms with Crippen LogP contribution in [0, 0.1) is 5.82 Å². The van der Waals surface area contributed by atoms with Crippen molar-refractivity contribution in [3.8, 4) is 0 Å². The van der Waals surface area contributed by atoms with E-state index in [1.54, 1.807) is 6.07 Å². The Bertz CT molecular complexity index is 569. The quantitative estimate of drug-likeness (QED) is 0.780. The van der Waals surface area contributed by atoms with Crippen LogP contribution < -0.4 is 5.32 Å². The second kappa shape index (κ2) is 7.71. The Kier molecular flexibility index (Phi) is 5.95. The van der Waals surface area contributed by atoms with E-state index in [2.05, 4.69) is 47.2 Å². The number of hydrogen-bond acceptors (Lipinski definition) is 1. The Balaban J connectivity index is 2.21. The van der Waals surface area contributed by atoms with Gasteiger partial charge in [-0.25, -0.2) is 4.39 Å². The molecule has 21 heavy (non-hydrogen) atoms. The molecule has 3 heteroatoms. The summed E-state index contributed by atoms with van der Waals surface area (Å²) in [6.45, 7) is 5.09. The van der Waals surface area contributed by atoms with Crippen molar-refractivity contribution in [2.45, 2.75) is 32.2 Å². The molecule has 112 valence electrons. The topological polar surface area (TPSA) is 12.0 Å². The maximum absolute atomic E-state index is 14.2. The van der Waals surface area contributed by atoms with Crippen molar-refractivity contribution >= 4 is 15.9 Å². The first-order valence-corrected chi connectivity index (χ1v) is 8.08. The zero-order valence-corrected chi connectivity index (χ0v) is 14.0. The number of halogens is 2. The van der Waals surface area contributed by atoms with Gasteiger partial charge in [-0.05, 0) is 39.5 Å². The Labute approximate surface area is 134 Å². The fourth-order valence-electron chi connectivity index (χ4n) is 2.38. The molecular weight excluding hydrogens is 329 g/mol. The van der Waals surface area contributed by atoms with Crippen LogP contribution in [0.15, 0.2) is 53.0 Å². The molecule has 2 rings (SSSR count). The molecule has 0 spiro atoms. The molecular formula is C18H21BrFN. The lowest BCUT2D eigenvalue weighted by Crippen LogP contribution is -2.29. The average Bonchev–Trinajstić information content (AvgIpc) is 2.48. The Morgan fingerprint density at radius 1 is 1.05 bits per heavy atom. The van der Waals surface area contributed by atoms with Gasteiger partial charge in [0.2, 0.25) is 0 Å². The largest absolute Gasteiger partial charge is 0.314 e. The highest BCUT2D eigenvalue weighted by atomic mass is 79.9. The predicted octanol–water partition coefficient (Wildman–Crippen LogP) is 4.91. The fourth-order valence-corrected chi connectivity index (χ4v) is 2.79. The van der Waals surface area contributed by atoms with Crippen LogP contribution in [0.2, 0.25) is 0 Å². The molecule has 0 amide bonds. The minimum absolute atomic E-state index is 0.150. The van der Waals surface area contributed by atoms with E-state index in [0.29, 0.717) is 16.9 Å². The number of nitrogens with one attached hydrogen (secondary N) is 1. The highest BCUT2D eigenvalue weighted by Gasteiger charge is 2.16. The van der Waals surface area contributed by atoms with Gasteiger partial charge in [-0.1, -0.05) is 56.3 Å². The predicted molar refractivity (Wildman–Crippen MR) is 90.1 cm³/mol. The molecule has 1 unspecified atom stereocenters. The first-order chi connectivity index (χ1) is 10.1. The normalized spacial score (nSPS) is 12.6. The summed E-state index contributed by atoms with van der Waals surface area (Å²) >= 11 is 3.26. The summed E-state index contributed by atoms with van der Waals surface area (Å²) in [6, 6.07) is 16.2. The van der Waals surface area contributed by atoms with Crippen LogP contribution in [0.5, 0.6) is 0 Å². The van der Waals surface area contributed by atoms with Crippen LogP contribution in [-0.4, -0.2) is 12.6 Å². The van der Waals surface area contributed by atoms with Gasteiger partial charge < -0.3 is 5.32 Å². The molecule has 0 saturated carbocycles. The zero-order valence-electron chi connectivity index (χ0n) is 12.4. The molecule has 2 aromatic rings. The minimum atomic E-state index is -0.150. The van der Waals surface area contributed by atoms with E-state index in [-0.39, 0.29) is 11.7 Å². The Morgan fingerprint density at radius 3 is 2.43 bits per heavy atom. The lowest BCUT2D eigenvalue weighted by Gasteiger charge is -2.20.